The van der Waals surface area contributed by atoms with E-state index in [1.54, 1.807) is 0 Å². The van der Waals surface area contributed by atoms with Crippen molar-refractivity contribution < 1.29 is 0 Å². The number of hydrogen-bond donors (Lipinski definition) is 0. The largest absolute Gasteiger partial charge is 0.309 e. The van der Waals surface area contributed by atoms with Gasteiger partial charge in [0.15, 0.2) is 17.5 Å². The molecule has 0 amide bonds. The molecule has 2 heterocycles. The molecule has 54 heavy (non-hydrogen) atoms. The monoisotopic (exact) mass is 690 g/mol. The van der Waals surface area contributed by atoms with Gasteiger partial charge in [-0.05, 0) is 57.8 Å². The lowest BCUT2D eigenvalue weighted by atomic mass is 9.84. The molecule has 2 aromatic heterocycles. The Bertz CT molecular complexity index is 2810. The van der Waals surface area contributed by atoms with Gasteiger partial charge in [0.1, 0.15) is 0 Å². The highest BCUT2D eigenvalue weighted by atomic mass is 15.0. The Labute approximate surface area is 313 Å². The Kier molecular flexibility index (Phi) is 7.85. The molecule has 0 bridgehead atoms. The Balaban J connectivity index is 1.28. The number of nitrogens with zero attached hydrogens (tertiary/aromatic N) is 4. The van der Waals surface area contributed by atoms with Gasteiger partial charge in [0.05, 0.1) is 11.0 Å². The highest BCUT2D eigenvalue weighted by molar-refractivity contribution is 6.24. The fraction of sp³-hybridized carbons (Fsp3) is 0.0200. The van der Waals surface area contributed by atoms with Crippen LogP contribution in [0.3, 0.4) is 0 Å². The van der Waals surface area contributed by atoms with E-state index in [-0.39, 0.29) is 5.92 Å². The van der Waals surface area contributed by atoms with E-state index < -0.39 is 0 Å². The minimum atomic E-state index is 0.0792. The second-order valence-corrected chi connectivity index (χ2v) is 13.6. The minimum Gasteiger partial charge on any atom is -0.309 e. The van der Waals surface area contributed by atoms with Crippen molar-refractivity contribution in [2.45, 2.75) is 5.92 Å². The van der Waals surface area contributed by atoms with E-state index in [4.69, 9.17) is 15.0 Å². The van der Waals surface area contributed by atoms with Gasteiger partial charge in [0.25, 0.3) is 0 Å². The summed E-state index contributed by atoms with van der Waals surface area (Å²) in [7, 11) is 0. The molecular weight excluding hydrogens is 657 g/mol. The van der Waals surface area contributed by atoms with Gasteiger partial charge in [-0.2, -0.15) is 0 Å². The van der Waals surface area contributed by atoms with Crippen molar-refractivity contribution in [1.29, 1.82) is 0 Å². The summed E-state index contributed by atoms with van der Waals surface area (Å²) in [5, 5.41) is 4.65. The molecule has 0 N–H and O–H groups in total. The van der Waals surface area contributed by atoms with Crippen molar-refractivity contribution in [3.63, 3.8) is 0 Å². The average molecular weight is 691 g/mol. The van der Waals surface area contributed by atoms with Crippen LogP contribution < -0.4 is 0 Å². The number of fused-ring (bicyclic) bond motifs is 5. The first-order valence-electron chi connectivity index (χ1n) is 18.3. The molecule has 0 spiro atoms. The first kappa shape index (κ1) is 31.6. The molecule has 10 aromatic rings. The van der Waals surface area contributed by atoms with E-state index in [9.17, 15) is 0 Å². The third kappa shape index (κ3) is 5.53. The predicted molar refractivity (Wildman–Crippen MR) is 222 cm³/mol. The van der Waals surface area contributed by atoms with Crippen LogP contribution in [0.2, 0.25) is 0 Å². The van der Waals surface area contributed by atoms with Gasteiger partial charge < -0.3 is 4.57 Å². The standard InChI is InChI=1S/C50H34N4/c1-6-18-34(19-7-1)46(35-20-8-2-9-21-35)38-30-31-44-43(32-38)47-41-29-17-16-28-40(41)42(33-45(47)54(44)39-26-14-5-15-27-39)50-52-48(36-22-10-3-11-23-36)51-49(53-50)37-24-12-4-13-25-37/h1-33,46H. The van der Waals surface area contributed by atoms with Crippen molar-refractivity contribution in [2.75, 3.05) is 0 Å². The van der Waals surface area contributed by atoms with E-state index in [1.807, 2.05) is 36.4 Å². The maximum atomic E-state index is 5.19. The zero-order valence-corrected chi connectivity index (χ0v) is 29.4. The molecular formula is C50H34N4. The molecule has 4 nitrogen and oxygen atoms in total. The molecule has 0 aliphatic heterocycles. The highest BCUT2D eigenvalue weighted by Gasteiger charge is 2.23. The Hall–Kier alpha value is -7.17. The fourth-order valence-corrected chi connectivity index (χ4v) is 7.92. The normalized spacial score (nSPS) is 11.5. The first-order valence-corrected chi connectivity index (χ1v) is 18.3. The van der Waals surface area contributed by atoms with Crippen LogP contribution in [-0.2, 0) is 0 Å². The minimum absolute atomic E-state index is 0.0792. The van der Waals surface area contributed by atoms with E-state index in [0.717, 1.165) is 44.2 Å². The van der Waals surface area contributed by atoms with Crippen LogP contribution in [0.15, 0.2) is 200 Å². The molecule has 4 heteroatoms. The topological polar surface area (TPSA) is 43.6 Å². The van der Waals surface area contributed by atoms with Crippen LogP contribution in [0.1, 0.15) is 22.6 Å². The second kappa shape index (κ2) is 13.4. The quantitative estimate of drug-likeness (QED) is 0.156. The third-order valence-corrected chi connectivity index (χ3v) is 10.3. The summed E-state index contributed by atoms with van der Waals surface area (Å²) in [5.74, 6) is 2.00. The van der Waals surface area contributed by atoms with Gasteiger partial charge in [-0.25, -0.2) is 15.0 Å². The maximum absolute atomic E-state index is 5.19. The Morgan fingerprint density at radius 3 is 1.41 bits per heavy atom. The van der Waals surface area contributed by atoms with Crippen LogP contribution in [0.25, 0.3) is 72.4 Å². The van der Waals surface area contributed by atoms with E-state index >= 15 is 0 Å². The Morgan fingerprint density at radius 2 is 0.833 bits per heavy atom. The molecule has 0 saturated heterocycles. The molecule has 0 saturated carbocycles. The zero-order chi connectivity index (χ0) is 35.8. The lowest BCUT2D eigenvalue weighted by Gasteiger charge is -2.19. The molecule has 8 aromatic carbocycles. The summed E-state index contributed by atoms with van der Waals surface area (Å²) < 4.78 is 2.39. The van der Waals surface area contributed by atoms with E-state index in [2.05, 4.69) is 168 Å². The number of benzene rings is 8. The second-order valence-electron chi connectivity index (χ2n) is 13.6. The van der Waals surface area contributed by atoms with Gasteiger partial charge in [0.2, 0.25) is 0 Å². The first-order chi connectivity index (χ1) is 26.8. The summed E-state index contributed by atoms with van der Waals surface area (Å²) in [6.45, 7) is 0. The van der Waals surface area contributed by atoms with Crippen LogP contribution in [-0.4, -0.2) is 19.5 Å². The molecule has 0 aliphatic carbocycles. The van der Waals surface area contributed by atoms with Crippen molar-refractivity contribution >= 4 is 32.6 Å². The van der Waals surface area contributed by atoms with Gasteiger partial charge in [-0.3, -0.25) is 0 Å². The number of hydrogen-bond acceptors (Lipinski definition) is 3. The highest BCUT2D eigenvalue weighted by Crippen LogP contribution is 2.43. The van der Waals surface area contributed by atoms with Gasteiger partial charge in [-0.1, -0.05) is 170 Å². The van der Waals surface area contributed by atoms with Crippen molar-refractivity contribution in [3.05, 3.63) is 217 Å². The molecule has 0 radical (unpaired) electrons. The smallest absolute Gasteiger partial charge is 0.164 e. The van der Waals surface area contributed by atoms with Crippen LogP contribution in [0.4, 0.5) is 0 Å². The summed E-state index contributed by atoms with van der Waals surface area (Å²) in [6, 6.07) is 70.6. The lowest BCUT2D eigenvalue weighted by molar-refractivity contribution is 0.980. The lowest BCUT2D eigenvalue weighted by Crippen LogP contribution is -2.03. The average Bonchev–Trinajstić information content (AvgIpc) is 3.59. The summed E-state index contributed by atoms with van der Waals surface area (Å²) in [6.07, 6.45) is 0. The molecule has 0 atom stereocenters. The van der Waals surface area contributed by atoms with Crippen LogP contribution in [0, 0.1) is 0 Å². The van der Waals surface area contributed by atoms with Crippen molar-refractivity contribution in [3.8, 4) is 39.9 Å². The van der Waals surface area contributed by atoms with Crippen LogP contribution >= 0.6 is 0 Å². The number of rotatable bonds is 7. The third-order valence-electron chi connectivity index (χ3n) is 10.3. The molecule has 254 valence electrons. The van der Waals surface area contributed by atoms with Gasteiger partial charge in [0, 0.05) is 39.1 Å². The molecule has 10 rings (SSSR count). The zero-order valence-electron chi connectivity index (χ0n) is 29.4. The van der Waals surface area contributed by atoms with Crippen molar-refractivity contribution in [2.24, 2.45) is 0 Å². The van der Waals surface area contributed by atoms with Crippen molar-refractivity contribution in [1.82, 2.24) is 19.5 Å². The van der Waals surface area contributed by atoms with Gasteiger partial charge in [-0.15, -0.1) is 0 Å². The SMILES string of the molecule is c1ccc(-c2nc(-c3ccccc3)nc(-c3cc4c(c5ccccc35)c3cc(C(c5ccccc5)c5ccccc5)ccc3n4-c3ccccc3)n2)cc1. The summed E-state index contributed by atoms with van der Waals surface area (Å²) in [5.41, 5.74) is 9.97. The molecule has 0 fully saturated rings. The number of aromatic nitrogens is 4. The molecule has 0 aliphatic rings. The van der Waals surface area contributed by atoms with Gasteiger partial charge >= 0.3 is 0 Å². The summed E-state index contributed by atoms with van der Waals surface area (Å²) in [4.78, 5) is 15.4. The number of para-hydroxylation sites is 1. The van der Waals surface area contributed by atoms with E-state index in [0.29, 0.717) is 17.5 Å². The van der Waals surface area contributed by atoms with E-state index in [1.165, 1.54) is 27.5 Å². The Morgan fingerprint density at radius 1 is 0.352 bits per heavy atom. The van der Waals surface area contributed by atoms with Crippen LogP contribution in [0.5, 0.6) is 0 Å². The fourth-order valence-electron chi connectivity index (χ4n) is 7.92. The maximum Gasteiger partial charge on any atom is 0.164 e. The summed E-state index contributed by atoms with van der Waals surface area (Å²) >= 11 is 0. The predicted octanol–water partition coefficient (Wildman–Crippen LogP) is 12.3. The molecule has 0 unspecified atom stereocenters.